The number of aromatic amines is 1. The first-order valence-corrected chi connectivity index (χ1v) is 20.2. The van der Waals surface area contributed by atoms with Crippen LogP contribution in [0.5, 0.6) is 0 Å². The van der Waals surface area contributed by atoms with Gasteiger partial charge in [-0.2, -0.15) is 5.10 Å². The van der Waals surface area contributed by atoms with Crippen molar-refractivity contribution in [3.05, 3.63) is 114 Å². The minimum absolute atomic E-state index is 0.0524. The van der Waals surface area contributed by atoms with Crippen LogP contribution in [0.4, 0.5) is 22.0 Å². The van der Waals surface area contributed by atoms with Crippen molar-refractivity contribution in [3.63, 3.8) is 0 Å². The summed E-state index contributed by atoms with van der Waals surface area (Å²) in [6.45, 7) is -0.0693. The van der Waals surface area contributed by atoms with Crippen molar-refractivity contribution < 1.29 is 41.4 Å². The van der Waals surface area contributed by atoms with Gasteiger partial charge in [0, 0.05) is 41.4 Å². The molecule has 2 aromatic carbocycles. The average molecular weight is 907 g/mol. The predicted octanol–water partition coefficient (Wildman–Crippen LogP) is 9.11. The lowest BCUT2D eigenvalue weighted by Crippen LogP contribution is -2.47. The van der Waals surface area contributed by atoms with Gasteiger partial charge in [-0.1, -0.05) is 47.5 Å². The van der Waals surface area contributed by atoms with Gasteiger partial charge >= 0.3 is 5.97 Å². The van der Waals surface area contributed by atoms with Crippen LogP contribution in [0.15, 0.2) is 60.2 Å². The number of ether oxygens (including phenoxy) is 1. The summed E-state index contributed by atoms with van der Waals surface area (Å²) >= 11 is 25.1. The van der Waals surface area contributed by atoms with Crippen molar-refractivity contribution in [1.29, 1.82) is 0 Å². The largest absolute Gasteiger partial charge is 0.456 e. The van der Waals surface area contributed by atoms with Crippen molar-refractivity contribution in [1.82, 2.24) is 34.4 Å². The van der Waals surface area contributed by atoms with Crippen molar-refractivity contribution in [3.8, 4) is 0 Å². The summed E-state index contributed by atoms with van der Waals surface area (Å²) in [4.78, 5) is 34.1. The van der Waals surface area contributed by atoms with Crippen LogP contribution in [-0.2, 0) is 35.6 Å². The standard InChI is InChI=1S/C23H20ClF5N4O3S.C14H15Cl2N3OS/c24-14-2-1-3-15(25)13(14)10-36-23(35)17-11-37-22(30-17)12-4-6-32(7-5-12)19(34)9-33-18(21(28)29)8-16(31-33)20(26)27;15-11-4-2-1-3-10(11)7-14(20,13(16)5-6-13)8-19-12(21)17-9-18-19/h1-3,8,11-12,20-21H,4-7,9-10H2;1-4,9,20H,5-8H2,(H,17,18,21). The number of nitrogens with one attached hydrogen (secondary N) is 1. The van der Waals surface area contributed by atoms with Crippen molar-refractivity contribution in [2.24, 2.45) is 0 Å². The number of carbonyl (C=O) groups excluding carboxylic acids is 2. The van der Waals surface area contributed by atoms with Crippen LogP contribution in [0.1, 0.15) is 82.5 Å². The fraction of sp³-hybridized carbons (Fsp3) is 0.405. The molecule has 1 unspecified atom stereocenters. The van der Waals surface area contributed by atoms with E-state index in [1.165, 1.54) is 46.1 Å². The lowest BCUT2D eigenvalue weighted by molar-refractivity contribution is -0.133. The van der Waals surface area contributed by atoms with E-state index >= 15 is 0 Å². The zero-order chi connectivity index (χ0) is 41.8. The number of hydrogen-bond donors (Lipinski definition) is 2. The van der Waals surface area contributed by atoms with E-state index in [0.29, 0.717) is 57.9 Å². The topological polar surface area (TPSA) is 131 Å². The first-order chi connectivity index (χ1) is 27.6. The highest BCUT2D eigenvalue weighted by molar-refractivity contribution is 7.71. The molecule has 310 valence electrons. The Morgan fingerprint density at radius 2 is 1.78 bits per heavy atom. The zero-order valence-corrected chi connectivity index (χ0v) is 34.2. The molecule has 2 aliphatic rings. The summed E-state index contributed by atoms with van der Waals surface area (Å²) in [5.41, 5.74) is -1.68. The van der Waals surface area contributed by atoms with Crippen molar-refractivity contribution in [2.75, 3.05) is 13.1 Å². The molecule has 0 bridgehead atoms. The number of carbonyl (C=O) groups is 2. The Labute approximate surface area is 352 Å². The van der Waals surface area contributed by atoms with Crippen LogP contribution in [0.2, 0.25) is 10.0 Å². The normalized spacial score (nSPS) is 16.2. The number of amides is 1. The minimum atomic E-state index is -3.05. The van der Waals surface area contributed by atoms with Crippen LogP contribution < -0.4 is 0 Å². The number of aromatic nitrogens is 6. The number of aliphatic hydroxyl groups is 1. The molecular formula is C37H35Cl3F5N7O4S2. The molecule has 1 saturated carbocycles. The number of rotatable bonds is 13. The number of esters is 1. The molecule has 1 amide bonds. The molecule has 3 aromatic heterocycles. The fourth-order valence-corrected chi connectivity index (χ4v) is 8.23. The molecule has 0 spiro atoms. The highest BCUT2D eigenvalue weighted by Gasteiger charge is 2.58. The Morgan fingerprint density at radius 1 is 1.07 bits per heavy atom. The number of likely N-dealkylation sites (tertiary alicyclic amines) is 1. The molecule has 1 saturated heterocycles. The van der Waals surface area contributed by atoms with Gasteiger partial charge in [-0.3, -0.25) is 19.3 Å². The van der Waals surface area contributed by atoms with Gasteiger partial charge in [0.1, 0.15) is 42.3 Å². The van der Waals surface area contributed by atoms with E-state index in [2.05, 4.69) is 20.2 Å². The number of piperidine rings is 1. The zero-order valence-electron chi connectivity index (χ0n) is 30.3. The number of halogens is 8. The lowest BCUT2D eigenvalue weighted by Gasteiger charge is -2.33. The maximum absolute atomic E-state index is 13.9. The van der Waals surface area contributed by atoms with E-state index < -0.39 is 59.0 Å². The third kappa shape index (κ3) is 10.3. The molecule has 1 aliphatic heterocycles. The maximum atomic E-state index is 13.9. The number of nitrogens with zero attached hydrogens (tertiary/aromatic N) is 6. The fourth-order valence-electron chi connectivity index (χ4n) is 6.46. The van der Waals surface area contributed by atoms with Gasteiger partial charge < -0.3 is 14.7 Å². The summed E-state index contributed by atoms with van der Waals surface area (Å²) < 4.78 is 73.7. The number of benzene rings is 2. The van der Waals surface area contributed by atoms with Crippen LogP contribution in [0, 0.1) is 10.6 Å². The number of H-pyrrole nitrogens is 1. The number of thiazole rings is 1. The summed E-state index contributed by atoms with van der Waals surface area (Å²) in [5, 5.41) is 20.5. The third-order valence-electron chi connectivity index (χ3n) is 9.90. The number of alkyl halides is 5. The highest BCUT2D eigenvalue weighted by Crippen LogP contribution is 2.53. The molecule has 0 radical (unpaired) electrons. The van der Waals surface area contributed by atoms with Gasteiger partial charge in [-0.25, -0.2) is 36.7 Å². The van der Waals surface area contributed by atoms with Crippen molar-refractivity contribution >= 4 is 70.2 Å². The van der Waals surface area contributed by atoms with E-state index in [-0.39, 0.29) is 35.3 Å². The van der Waals surface area contributed by atoms with Crippen LogP contribution in [0.3, 0.4) is 0 Å². The molecule has 5 aromatic rings. The van der Waals surface area contributed by atoms with Crippen LogP contribution in [-0.4, -0.2) is 75.0 Å². The van der Waals surface area contributed by atoms with Gasteiger partial charge in [-0.05, 0) is 67.7 Å². The van der Waals surface area contributed by atoms with Gasteiger partial charge in [0.15, 0.2) is 5.69 Å². The van der Waals surface area contributed by atoms with E-state index in [9.17, 15) is 36.6 Å². The molecule has 1 atom stereocenters. The maximum Gasteiger partial charge on any atom is 0.358 e. The Morgan fingerprint density at radius 3 is 2.40 bits per heavy atom. The molecule has 7 rings (SSSR count). The monoisotopic (exact) mass is 905 g/mol. The van der Waals surface area contributed by atoms with Gasteiger partial charge in [-0.15, -0.1) is 22.9 Å². The third-order valence-corrected chi connectivity index (χ3v) is 12.7. The first-order valence-electron chi connectivity index (χ1n) is 17.8. The second-order valence-corrected chi connectivity index (χ2v) is 16.6. The smallest absolute Gasteiger partial charge is 0.358 e. The first kappa shape index (κ1) is 43.6. The Hall–Kier alpha value is -3.94. The number of hydrogen-bond acceptors (Lipinski definition) is 9. The molecule has 58 heavy (non-hydrogen) atoms. The molecule has 2 fully saturated rings. The van der Waals surface area contributed by atoms with E-state index in [1.54, 1.807) is 4.68 Å². The van der Waals surface area contributed by atoms with Crippen molar-refractivity contribution in [2.45, 2.75) is 81.0 Å². The molecular weight excluding hydrogens is 872 g/mol. The van der Waals surface area contributed by atoms with Gasteiger partial charge in [0.2, 0.25) is 10.7 Å². The second kappa shape index (κ2) is 18.5. The SMILES string of the molecule is O=C(OCc1c(F)cccc1Cl)c1csc(C2CCN(C(=O)Cn3nc(C(F)F)cc3C(F)F)CC2)n1.OC(Cc1ccccc1Cl)(Cn1[nH]cnc1=S)C1(Cl)CC1. The molecule has 21 heteroatoms. The van der Waals surface area contributed by atoms with E-state index in [4.69, 9.17) is 51.8 Å². The van der Waals surface area contributed by atoms with Gasteiger partial charge in [0.05, 0.1) is 21.4 Å². The summed E-state index contributed by atoms with van der Waals surface area (Å²) in [7, 11) is 0. The van der Waals surface area contributed by atoms with E-state index in [1.807, 2.05) is 24.3 Å². The molecule has 2 N–H and O–H groups in total. The summed E-state index contributed by atoms with van der Waals surface area (Å²) in [6.07, 6.45) is -1.64. The summed E-state index contributed by atoms with van der Waals surface area (Å²) in [6, 6.07) is 12.2. The molecule has 11 nitrogen and oxygen atoms in total. The predicted molar refractivity (Wildman–Crippen MR) is 209 cm³/mol. The molecule has 4 heterocycles. The van der Waals surface area contributed by atoms with E-state index in [0.717, 1.165) is 18.4 Å². The summed E-state index contributed by atoms with van der Waals surface area (Å²) in [5.74, 6) is -1.89. The molecule has 1 aliphatic carbocycles. The quantitative estimate of drug-likeness (QED) is 0.0518. The second-order valence-electron chi connectivity index (χ2n) is 13.8. The minimum Gasteiger partial charge on any atom is -0.456 e. The Kier molecular flexibility index (Phi) is 14.0. The Balaban J connectivity index is 0.000000227. The van der Waals surface area contributed by atoms with Crippen LogP contribution in [0.25, 0.3) is 0 Å². The average Bonchev–Trinajstić information content (AvgIpc) is 3.51. The van der Waals surface area contributed by atoms with Gasteiger partial charge in [0.25, 0.3) is 12.9 Å². The lowest BCUT2D eigenvalue weighted by atomic mass is 9.89. The van der Waals surface area contributed by atoms with Crippen LogP contribution >= 0.6 is 58.4 Å². The Bertz CT molecular complexity index is 2270. The highest BCUT2D eigenvalue weighted by atomic mass is 35.5.